The van der Waals surface area contributed by atoms with Crippen molar-refractivity contribution in [1.82, 2.24) is 0 Å². The van der Waals surface area contributed by atoms with Crippen LogP contribution in [0.1, 0.15) is 11.1 Å². The second-order valence-electron chi connectivity index (χ2n) is 4.87. The van der Waals surface area contributed by atoms with Crippen LogP contribution in [0, 0.1) is 0 Å². The minimum absolute atomic E-state index is 0.116. The number of halogens is 3. The van der Waals surface area contributed by atoms with E-state index in [0.717, 1.165) is 27.7 Å². The van der Waals surface area contributed by atoms with E-state index < -0.39 is 0 Å². The van der Waals surface area contributed by atoms with Gasteiger partial charge in [0.25, 0.3) is 0 Å². The summed E-state index contributed by atoms with van der Waals surface area (Å²) in [5, 5.41) is 11.8. The first-order valence-corrected chi connectivity index (χ1v) is 8.88. The minimum atomic E-state index is -0.116. The lowest BCUT2D eigenvalue weighted by Crippen LogP contribution is -2.33. The van der Waals surface area contributed by atoms with Crippen molar-refractivity contribution in [2.75, 3.05) is 10.7 Å². The van der Waals surface area contributed by atoms with Gasteiger partial charge in [-0.15, -0.1) is 0 Å². The molecule has 0 radical (unpaired) electrons. The first-order valence-electron chi connectivity index (χ1n) is 6.26. The topological polar surface area (TPSA) is 20.2 Å². The van der Waals surface area contributed by atoms with E-state index in [4.69, 9.17) is 11.6 Å². The number of phenolic OH excluding ortho intramolecular Hbond substituents is 1. The van der Waals surface area contributed by atoms with Crippen LogP contribution < -0.4 is 0 Å². The summed E-state index contributed by atoms with van der Waals surface area (Å²) >= 11 is 13.7. The summed E-state index contributed by atoms with van der Waals surface area (Å²) in [6, 6.07) is 15.3. The molecule has 2 rings (SSSR count). The molecule has 2 aromatic rings. The standard InChI is InChI=1S/C16H15Br2ClO/c17-10-16(11-18,14-3-1-2-4-15(14)19)9-12-5-7-13(20)8-6-12/h1-8,20H,9-11H2. The lowest BCUT2D eigenvalue weighted by atomic mass is 9.79. The van der Waals surface area contributed by atoms with Crippen molar-refractivity contribution < 1.29 is 5.11 Å². The molecule has 1 nitrogen and oxygen atoms in total. The van der Waals surface area contributed by atoms with Crippen LogP contribution in [0.15, 0.2) is 48.5 Å². The Labute approximate surface area is 141 Å². The first kappa shape index (κ1) is 15.9. The SMILES string of the molecule is Oc1ccc(CC(CBr)(CBr)c2ccccc2Cl)cc1. The first-order chi connectivity index (χ1) is 9.61. The maximum atomic E-state index is 9.39. The quantitative estimate of drug-likeness (QED) is 0.652. The summed E-state index contributed by atoms with van der Waals surface area (Å²) < 4.78 is 0. The maximum absolute atomic E-state index is 9.39. The monoisotopic (exact) mass is 416 g/mol. The van der Waals surface area contributed by atoms with Gasteiger partial charge in [0.15, 0.2) is 0 Å². The van der Waals surface area contributed by atoms with Crippen molar-refractivity contribution >= 4 is 43.5 Å². The molecule has 0 aliphatic rings. The molecule has 0 amide bonds. The smallest absolute Gasteiger partial charge is 0.115 e. The Morgan fingerprint density at radius 3 is 2.10 bits per heavy atom. The van der Waals surface area contributed by atoms with Crippen LogP contribution in [0.4, 0.5) is 0 Å². The summed E-state index contributed by atoms with van der Waals surface area (Å²) in [4.78, 5) is 0. The van der Waals surface area contributed by atoms with Crippen LogP contribution in [0.5, 0.6) is 5.75 Å². The fourth-order valence-electron chi connectivity index (χ4n) is 2.27. The number of alkyl halides is 2. The molecule has 106 valence electrons. The molecule has 0 aliphatic heterocycles. The van der Waals surface area contributed by atoms with Crippen molar-refractivity contribution in [1.29, 1.82) is 0 Å². The molecule has 0 bridgehead atoms. The van der Waals surface area contributed by atoms with Gasteiger partial charge in [-0.25, -0.2) is 0 Å². The lowest BCUT2D eigenvalue weighted by Gasteiger charge is -2.31. The molecule has 0 heterocycles. The second kappa shape index (κ2) is 6.97. The normalized spacial score (nSPS) is 11.6. The van der Waals surface area contributed by atoms with E-state index in [1.807, 2.05) is 30.3 Å². The van der Waals surface area contributed by atoms with E-state index in [9.17, 15) is 5.11 Å². The molecule has 1 N–H and O–H groups in total. The van der Waals surface area contributed by atoms with Crippen LogP contribution >= 0.6 is 43.5 Å². The Balaban J connectivity index is 2.39. The Morgan fingerprint density at radius 1 is 0.950 bits per heavy atom. The Bertz CT molecular complexity index is 565. The number of hydrogen-bond acceptors (Lipinski definition) is 1. The maximum Gasteiger partial charge on any atom is 0.115 e. The van der Waals surface area contributed by atoms with Crippen molar-refractivity contribution in [3.8, 4) is 5.75 Å². The van der Waals surface area contributed by atoms with E-state index in [2.05, 4.69) is 37.9 Å². The van der Waals surface area contributed by atoms with Crippen LogP contribution in [0.25, 0.3) is 0 Å². The molecule has 4 heteroatoms. The second-order valence-corrected chi connectivity index (χ2v) is 6.40. The average Bonchev–Trinajstić information content (AvgIpc) is 2.48. The molecular formula is C16H15Br2ClO. The van der Waals surface area contributed by atoms with Crippen molar-refractivity contribution in [3.05, 3.63) is 64.7 Å². The molecule has 0 unspecified atom stereocenters. The average molecular weight is 419 g/mol. The molecule has 0 spiro atoms. The zero-order valence-electron chi connectivity index (χ0n) is 10.8. The van der Waals surface area contributed by atoms with Gasteiger partial charge in [-0.1, -0.05) is 73.8 Å². The van der Waals surface area contributed by atoms with E-state index in [1.54, 1.807) is 12.1 Å². The highest BCUT2D eigenvalue weighted by atomic mass is 79.9. The van der Waals surface area contributed by atoms with Crippen LogP contribution in [-0.2, 0) is 11.8 Å². The summed E-state index contributed by atoms with van der Waals surface area (Å²) in [5.74, 6) is 0.287. The minimum Gasteiger partial charge on any atom is -0.508 e. The summed E-state index contributed by atoms with van der Waals surface area (Å²) in [6.45, 7) is 0. The predicted octanol–water partition coefficient (Wildman–Crippen LogP) is 5.32. The fraction of sp³-hybridized carbons (Fsp3) is 0.250. The van der Waals surface area contributed by atoms with Crippen molar-refractivity contribution in [2.45, 2.75) is 11.8 Å². The van der Waals surface area contributed by atoms with Gasteiger partial charge < -0.3 is 5.11 Å². The number of benzene rings is 2. The van der Waals surface area contributed by atoms with Gasteiger partial charge in [-0.3, -0.25) is 0 Å². The van der Waals surface area contributed by atoms with Gasteiger partial charge in [0.2, 0.25) is 0 Å². The molecule has 2 aromatic carbocycles. The third kappa shape index (κ3) is 3.38. The van der Waals surface area contributed by atoms with Gasteiger partial charge in [-0.2, -0.15) is 0 Å². The molecular weight excluding hydrogens is 403 g/mol. The van der Waals surface area contributed by atoms with Gasteiger partial charge in [0.1, 0.15) is 5.75 Å². The Hall–Kier alpha value is -0.510. The highest BCUT2D eigenvalue weighted by molar-refractivity contribution is 9.09. The van der Waals surface area contributed by atoms with Crippen LogP contribution in [0.2, 0.25) is 5.02 Å². The molecule has 0 fully saturated rings. The van der Waals surface area contributed by atoms with Gasteiger partial charge >= 0.3 is 0 Å². The van der Waals surface area contributed by atoms with E-state index in [1.165, 1.54) is 5.56 Å². The van der Waals surface area contributed by atoms with E-state index in [-0.39, 0.29) is 11.2 Å². The third-order valence-corrected chi connectivity index (χ3v) is 5.91. The molecule has 20 heavy (non-hydrogen) atoms. The highest BCUT2D eigenvalue weighted by Crippen LogP contribution is 2.37. The van der Waals surface area contributed by atoms with Crippen molar-refractivity contribution in [2.24, 2.45) is 0 Å². The highest BCUT2D eigenvalue weighted by Gasteiger charge is 2.32. The van der Waals surface area contributed by atoms with Crippen LogP contribution in [-0.4, -0.2) is 15.8 Å². The fourth-order valence-corrected chi connectivity index (χ4v) is 4.53. The molecule has 0 aliphatic carbocycles. The predicted molar refractivity (Wildman–Crippen MR) is 92.5 cm³/mol. The zero-order valence-corrected chi connectivity index (χ0v) is 14.7. The number of phenols is 1. The third-order valence-electron chi connectivity index (χ3n) is 3.44. The van der Waals surface area contributed by atoms with Gasteiger partial charge in [0, 0.05) is 21.1 Å². The summed E-state index contributed by atoms with van der Waals surface area (Å²) in [6.07, 6.45) is 0.841. The Kier molecular flexibility index (Phi) is 5.53. The summed E-state index contributed by atoms with van der Waals surface area (Å²) in [5.41, 5.74) is 2.18. The van der Waals surface area contributed by atoms with Crippen LogP contribution in [0.3, 0.4) is 0 Å². The zero-order chi connectivity index (χ0) is 14.6. The molecule has 0 saturated heterocycles. The van der Waals surface area contributed by atoms with Gasteiger partial charge in [0.05, 0.1) is 0 Å². The van der Waals surface area contributed by atoms with E-state index >= 15 is 0 Å². The number of rotatable bonds is 5. The lowest BCUT2D eigenvalue weighted by molar-refractivity contribution is 0.474. The molecule has 0 saturated carbocycles. The van der Waals surface area contributed by atoms with Crippen molar-refractivity contribution in [3.63, 3.8) is 0 Å². The molecule has 0 atom stereocenters. The summed E-state index contributed by atoms with van der Waals surface area (Å²) in [7, 11) is 0. The van der Waals surface area contributed by atoms with E-state index in [0.29, 0.717) is 0 Å². The number of hydrogen-bond donors (Lipinski definition) is 1. The Morgan fingerprint density at radius 2 is 1.55 bits per heavy atom. The largest absolute Gasteiger partial charge is 0.508 e. The molecule has 0 aromatic heterocycles. The van der Waals surface area contributed by atoms with Gasteiger partial charge in [-0.05, 0) is 35.7 Å². The number of aromatic hydroxyl groups is 1.